The second-order valence-corrected chi connectivity index (χ2v) is 3.18. The largest absolute Gasteiger partial charge is 0.466 e. The van der Waals surface area contributed by atoms with Gasteiger partial charge in [0.15, 0.2) is 0 Å². The zero-order valence-electron chi connectivity index (χ0n) is 7.54. The number of hydrogen-bond acceptors (Lipinski definition) is 3. The molecule has 1 aliphatic rings. The van der Waals surface area contributed by atoms with E-state index in [9.17, 15) is 4.79 Å². The van der Waals surface area contributed by atoms with Gasteiger partial charge in [-0.3, -0.25) is 4.79 Å². The van der Waals surface area contributed by atoms with Gasteiger partial charge in [-0.25, -0.2) is 0 Å². The Balaban J connectivity index is 2.01. The molecule has 1 rings (SSSR count). The Kier molecular flexibility index (Phi) is 4.08. The molecule has 0 N–H and O–H groups in total. The molecule has 0 amide bonds. The minimum atomic E-state index is -0.179. The first-order valence-corrected chi connectivity index (χ1v) is 4.50. The maximum atomic E-state index is 10.4. The van der Waals surface area contributed by atoms with Crippen molar-refractivity contribution in [3.8, 4) is 0 Å². The van der Waals surface area contributed by atoms with Crippen LogP contribution in [0, 0.1) is 5.92 Å². The Labute approximate surface area is 73.0 Å². The minimum Gasteiger partial charge on any atom is -0.466 e. The lowest BCUT2D eigenvalue weighted by Gasteiger charge is -2.21. The molecule has 3 nitrogen and oxygen atoms in total. The van der Waals surface area contributed by atoms with Crippen LogP contribution in [0.25, 0.3) is 0 Å². The number of carbonyl (C=O) groups excluding carboxylic acids is 1. The average molecular weight is 172 g/mol. The van der Waals surface area contributed by atoms with Gasteiger partial charge in [-0.05, 0) is 25.2 Å². The standard InChI is InChI=1S/C9H16O3/c1-8(10)12-7-4-9-2-5-11-6-3-9/h9H,2-7H2,1H3. The summed E-state index contributed by atoms with van der Waals surface area (Å²) in [6, 6.07) is 0. The number of rotatable bonds is 3. The van der Waals surface area contributed by atoms with E-state index in [4.69, 9.17) is 9.47 Å². The van der Waals surface area contributed by atoms with Gasteiger partial charge < -0.3 is 9.47 Å². The molecule has 3 heteroatoms. The van der Waals surface area contributed by atoms with E-state index in [1.165, 1.54) is 6.92 Å². The fourth-order valence-electron chi connectivity index (χ4n) is 1.40. The summed E-state index contributed by atoms with van der Waals surface area (Å²) in [7, 11) is 0. The first-order valence-electron chi connectivity index (χ1n) is 4.50. The molecule has 0 aliphatic carbocycles. The van der Waals surface area contributed by atoms with E-state index in [2.05, 4.69) is 0 Å². The van der Waals surface area contributed by atoms with E-state index in [-0.39, 0.29) is 5.97 Å². The molecule has 0 radical (unpaired) electrons. The molecule has 0 saturated carbocycles. The smallest absolute Gasteiger partial charge is 0.302 e. The Hall–Kier alpha value is -0.570. The lowest BCUT2D eigenvalue weighted by Crippen LogP contribution is -2.17. The van der Waals surface area contributed by atoms with Crippen molar-refractivity contribution in [2.45, 2.75) is 26.2 Å². The molecule has 1 fully saturated rings. The molecule has 1 saturated heterocycles. The van der Waals surface area contributed by atoms with Gasteiger partial charge in [0, 0.05) is 20.1 Å². The Bertz CT molecular complexity index is 139. The molecule has 0 aromatic rings. The van der Waals surface area contributed by atoms with E-state index in [0.717, 1.165) is 32.5 Å². The molecule has 0 atom stereocenters. The van der Waals surface area contributed by atoms with Crippen LogP contribution >= 0.6 is 0 Å². The molecular weight excluding hydrogens is 156 g/mol. The van der Waals surface area contributed by atoms with E-state index in [1.54, 1.807) is 0 Å². The van der Waals surface area contributed by atoms with Gasteiger partial charge in [-0.2, -0.15) is 0 Å². The van der Waals surface area contributed by atoms with Crippen LogP contribution < -0.4 is 0 Å². The van der Waals surface area contributed by atoms with Crippen LogP contribution in [0.5, 0.6) is 0 Å². The lowest BCUT2D eigenvalue weighted by molar-refractivity contribution is -0.141. The number of hydrogen-bond donors (Lipinski definition) is 0. The van der Waals surface area contributed by atoms with Crippen molar-refractivity contribution >= 4 is 5.97 Å². The molecule has 0 aromatic heterocycles. The third kappa shape index (κ3) is 3.72. The van der Waals surface area contributed by atoms with Crippen LogP contribution in [-0.4, -0.2) is 25.8 Å². The summed E-state index contributed by atoms with van der Waals surface area (Å²) < 4.78 is 10.1. The molecule has 0 aromatic carbocycles. The van der Waals surface area contributed by atoms with Crippen LogP contribution in [0.1, 0.15) is 26.2 Å². The van der Waals surface area contributed by atoms with E-state index >= 15 is 0 Å². The summed E-state index contributed by atoms with van der Waals surface area (Å²) in [4.78, 5) is 10.4. The lowest BCUT2D eigenvalue weighted by atomic mass is 9.97. The maximum Gasteiger partial charge on any atom is 0.302 e. The van der Waals surface area contributed by atoms with E-state index in [1.807, 2.05) is 0 Å². The van der Waals surface area contributed by atoms with Gasteiger partial charge in [-0.15, -0.1) is 0 Å². The third-order valence-electron chi connectivity index (χ3n) is 2.17. The molecule has 0 spiro atoms. The van der Waals surface area contributed by atoms with Gasteiger partial charge in [0.25, 0.3) is 0 Å². The average Bonchev–Trinajstić information content (AvgIpc) is 2.05. The second kappa shape index (κ2) is 5.14. The molecule has 1 heterocycles. The quantitative estimate of drug-likeness (QED) is 0.603. The Morgan fingerprint density at radius 3 is 2.75 bits per heavy atom. The highest BCUT2D eigenvalue weighted by molar-refractivity contribution is 5.65. The molecular formula is C9H16O3. The van der Waals surface area contributed by atoms with Gasteiger partial charge >= 0.3 is 5.97 Å². The number of esters is 1. The van der Waals surface area contributed by atoms with Crippen molar-refractivity contribution in [1.29, 1.82) is 0 Å². The Morgan fingerprint density at radius 2 is 2.17 bits per heavy atom. The van der Waals surface area contributed by atoms with E-state index in [0.29, 0.717) is 12.5 Å². The zero-order valence-corrected chi connectivity index (χ0v) is 7.54. The van der Waals surface area contributed by atoms with Crippen molar-refractivity contribution in [2.75, 3.05) is 19.8 Å². The van der Waals surface area contributed by atoms with E-state index < -0.39 is 0 Å². The molecule has 0 unspecified atom stereocenters. The highest BCUT2D eigenvalue weighted by atomic mass is 16.5. The molecule has 0 bridgehead atoms. The van der Waals surface area contributed by atoms with Crippen molar-refractivity contribution < 1.29 is 14.3 Å². The van der Waals surface area contributed by atoms with Crippen LogP contribution in [0.2, 0.25) is 0 Å². The predicted molar refractivity (Wildman–Crippen MR) is 44.8 cm³/mol. The minimum absolute atomic E-state index is 0.179. The first kappa shape index (κ1) is 9.52. The summed E-state index contributed by atoms with van der Waals surface area (Å²) >= 11 is 0. The van der Waals surface area contributed by atoms with Crippen LogP contribution in [0.15, 0.2) is 0 Å². The summed E-state index contributed by atoms with van der Waals surface area (Å²) in [5.74, 6) is 0.514. The fourth-order valence-corrected chi connectivity index (χ4v) is 1.40. The zero-order chi connectivity index (χ0) is 8.81. The summed E-state index contributed by atoms with van der Waals surface area (Å²) in [6.45, 7) is 3.75. The highest BCUT2D eigenvalue weighted by Gasteiger charge is 2.13. The fraction of sp³-hybridized carbons (Fsp3) is 0.889. The summed E-state index contributed by atoms with van der Waals surface area (Å²) in [5, 5.41) is 0. The molecule has 1 aliphatic heterocycles. The van der Waals surface area contributed by atoms with Crippen LogP contribution in [0.3, 0.4) is 0 Å². The third-order valence-corrected chi connectivity index (χ3v) is 2.17. The predicted octanol–water partition coefficient (Wildman–Crippen LogP) is 1.37. The van der Waals surface area contributed by atoms with Gasteiger partial charge in [0.1, 0.15) is 0 Å². The van der Waals surface area contributed by atoms with Crippen molar-refractivity contribution in [3.63, 3.8) is 0 Å². The monoisotopic (exact) mass is 172 g/mol. The Morgan fingerprint density at radius 1 is 1.50 bits per heavy atom. The topological polar surface area (TPSA) is 35.5 Å². The maximum absolute atomic E-state index is 10.4. The van der Waals surface area contributed by atoms with Crippen LogP contribution in [0.4, 0.5) is 0 Å². The van der Waals surface area contributed by atoms with Crippen molar-refractivity contribution in [2.24, 2.45) is 5.92 Å². The first-order chi connectivity index (χ1) is 5.79. The van der Waals surface area contributed by atoms with Gasteiger partial charge in [0.05, 0.1) is 6.61 Å². The summed E-state index contributed by atoms with van der Waals surface area (Å²) in [5.41, 5.74) is 0. The van der Waals surface area contributed by atoms with Crippen LogP contribution in [-0.2, 0) is 14.3 Å². The summed E-state index contributed by atoms with van der Waals surface area (Å²) in [6.07, 6.45) is 3.21. The van der Waals surface area contributed by atoms with Crippen molar-refractivity contribution in [1.82, 2.24) is 0 Å². The number of ether oxygens (including phenoxy) is 2. The van der Waals surface area contributed by atoms with Gasteiger partial charge in [0.2, 0.25) is 0 Å². The highest BCUT2D eigenvalue weighted by Crippen LogP contribution is 2.17. The SMILES string of the molecule is CC(=O)OCCC1CCOCC1. The second-order valence-electron chi connectivity index (χ2n) is 3.18. The van der Waals surface area contributed by atoms with Crippen molar-refractivity contribution in [3.05, 3.63) is 0 Å². The molecule has 12 heavy (non-hydrogen) atoms. The van der Waals surface area contributed by atoms with Gasteiger partial charge in [-0.1, -0.05) is 0 Å². The number of carbonyl (C=O) groups is 1. The normalized spacial score (nSPS) is 19.1. The molecule has 70 valence electrons.